The van der Waals surface area contributed by atoms with Crippen LogP contribution in [-0.2, 0) is 17.8 Å². The molecule has 4 rings (SSSR count). The predicted molar refractivity (Wildman–Crippen MR) is 122 cm³/mol. The fourth-order valence-corrected chi connectivity index (χ4v) is 4.24. The molecule has 3 aromatic rings. The van der Waals surface area contributed by atoms with Gasteiger partial charge in [-0.2, -0.15) is 0 Å². The molecule has 1 fully saturated rings. The third kappa shape index (κ3) is 5.07. The van der Waals surface area contributed by atoms with Gasteiger partial charge in [0.1, 0.15) is 18.2 Å². The number of aromatic nitrogens is 2. The van der Waals surface area contributed by atoms with Crippen molar-refractivity contribution in [2.75, 3.05) is 25.0 Å². The largest absolute Gasteiger partial charge is 0.341 e. The molecule has 1 atom stereocenters. The first-order valence-electron chi connectivity index (χ1n) is 11.1. The van der Waals surface area contributed by atoms with Crippen molar-refractivity contribution >= 4 is 28.7 Å². The third-order valence-electron chi connectivity index (χ3n) is 5.85. The van der Waals surface area contributed by atoms with E-state index in [1.54, 1.807) is 12.1 Å². The molecule has 1 saturated heterocycles. The summed E-state index contributed by atoms with van der Waals surface area (Å²) >= 11 is 0. The van der Waals surface area contributed by atoms with E-state index in [4.69, 9.17) is 0 Å². The Bertz CT molecular complexity index is 1110. The number of carbonyl (C=O) groups is 2. The standard InChI is InChI=1S/C24H28FN5O2/c1-2-22-28-20-10-3-4-11-21(20)30(22)16-23(31)29-12-6-7-17(15-29)14-26-24(32)27-19-9-5-8-18(25)13-19/h3-5,8-11,13,17H,2,6-7,12,14-16H2,1H3,(H2,26,27,32). The molecule has 1 unspecified atom stereocenters. The first-order valence-corrected chi connectivity index (χ1v) is 11.1. The van der Waals surface area contributed by atoms with Gasteiger partial charge in [0.05, 0.1) is 11.0 Å². The van der Waals surface area contributed by atoms with E-state index in [1.807, 2.05) is 40.7 Å². The van der Waals surface area contributed by atoms with Crippen LogP contribution >= 0.6 is 0 Å². The smallest absolute Gasteiger partial charge is 0.319 e. The Morgan fingerprint density at radius 1 is 1.19 bits per heavy atom. The van der Waals surface area contributed by atoms with Gasteiger partial charge in [-0.25, -0.2) is 14.2 Å². The van der Waals surface area contributed by atoms with Crippen LogP contribution in [0.25, 0.3) is 11.0 Å². The number of piperidine rings is 1. The number of halogens is 1. The molecule has 7 nitrogen and oxygen atoms in total. The zero-order valence-corrected chi connectivity index (χ0v) is 18.2. The Balaban J connectivity index is 1.33. The Hall–Kier alpha value is -3.42. The van der Waals surface area contributed by atoms with Crippen LogP contribution in [0.5, 0.6) is 0 Å². The number of hydrogen-bond acceptors (Lipinski definition) is 3. The maximum Gasteiger partial charge on any atom is 0.319 e. The second-order valence-electron chi connectivity index (χ2n) is 8.15. The number of carbonyl (C=O) groups excluding carboxylic acids is 2. The number of nitrogens with one attached hydrogen (secondary N) is 2. The molecule has 2 aromatic carbocycles. The van der Waals surface area contributed by atoms with Crippen LogP contribution in [0.15, 0.2) is 48.5 Å². The average Bonchev–Trinajstić information content (AvgIpc) is 3.15. The van der Waals surface area contributed by atoms with Gasteiger partial charge in [0.2, 0.25) is 5.91 Å². The van der Waals surface area contributed by atoms with Crippen LogP contribution in [0.3, 0.4) is 0 Å². The normalized spacial score (nSPS) is 16.2. The lowest BCUT2D eigenvalue weighted by Gasteiger charge is -2.33. The second-order valence-corrected chi connectivity index (χ2v) is 8.15. The van der Waals surface area contributed by atoms with Crippen LogP contribution in [0.2, 0.25) is 0 Å². The highest BCUT2D eigenvalue weighted by atomic mass is 19.1. The molecular formula is C24H28FN5O2. The topological polar surface area (TPSA) is 79.3 Å². The number of anilines is 1. The molecule has 2 heterocycles. The van der Waals surface area contributed by atoms with Crippen molar-refractivity contribution in [2.45, 2.75) is 32.7 Å². The number of nitrogens with zero attached hydrogens (tertiary/aromatic N) is 3. The van der Waals surface area contributed by atoms with Crippen molar-refractivity contribution in [1.82, 2.24) is 19.8 Å². The fraction of sp³-hybridized carbons (Fsp3) is 0.375. The molecule has 0 spiro atoms. The Kier molecular flexibility index (Phi) is 6.68. The molecule has 0 saturated carbocycles. The lowest BCUT2D eigenvalue weighted by molar-refractivity contribution is -0.133. The predicted octanol–water partition coefficient (Wildman–Crippen LogP) is 3.80. The van der Waals surface area contributed by atoms with Crippen LogP contribution < -0.4 is 10.6 Å². The first kappa shape index (κ1) is 21.8. The maximum absolute atomic E-state index is 13.3. The second kappa shape index (κ2) is 9.80. The number of para-hydroxylation sites is 2. The Morgan fingerprint density at radius 3 is 2.84 bits per heavy atom. The van der Waals surface area contributed by atoms with E-state index >= 15 is 0 Å². The maximum atomic E-state index is 13.3. The van der Waals surface area contributed by atoms with Crippen LogP contribution in [0, 0.1) is 11.7 Å². The summed E-state index contributed by atoms with van der Waals surface area (Å²) in [4.78, 5) is 31.8. The third-order valence-corrected chi connectivity index (χ3v) is 5.85. The van der Waals surface area contributed by atoms with Crippen LogP contribution in [0.1, 0.15) is 25.6 Å². The van der Waals surface area contributed by atoms with E-state index in [0.29, 0.717) is 18.8 Å². The van der Waals surface area contributed by atoms with E-state index in [-0.39, 0.29) is 24.4 Å². The molecule has 168 valence electrons. The minimum Gasteiger partial charge on any atom is -0.341 e. The number of amides is 3. The van der Waals surface area contributed by atoms with Crippen molar-refractivity contribution in [3.8, 4) is 0 Å². The van der Waals surface area contributed by atoms with Gasteiger partial charge in [0.25, 0.3) is 0 Å². The number of rotatable bonds is 6. The summed E-state index contributed by atoms with van der Waals surface area (Å²) in [5, 5.41) is 5.48. The highest BCUT2D eigenvalue weighted by Gasteiger charge is 2.25. The molecular weight excluding hydrogens is 409 g/mol. The van der Waals surface area contributed by atoms with Gasteiger partial charge in [0.15, 0.2) is 0 Å². The number of urea groups is 1. The Morgan fingerprint density at radius 2 is 2.03 bits per heavy atom. The molecule has 0 bridgehead atoms. The molecule has 1 aromatic heterocycles. The number of aryl methyl sites for hydroxylation is 1. The average molecular weight is 438 g/mol. The number of imidazole rings is 1. The van der Waals surface area contributed by atoms with Crippen molar-refractivity contribution < 1.29 is 14.0 Å². The summed E-state index contributed by atoms with van der Waals surface area (Å²) in [6.07, 6.45) is 2.60. The molecule has 8 heteroatoms. The Labute approximate surface area is 186 Å². The zero-order valence-electron chi connectivity index (χ0n) is 18.2. The van der Waals surface area contributed by atoms with Gasteiger partial charge in [-0.3, -0.25) is 4.79 Å². The summed E-state index contributed by atoms with van der Waals surface area (Å²) in [5.74, 6) is 0.748. The van der Waals surface area contributed by atoms with Crippen molar-refractivity contribution in [2.24, 2.45) is 5.92 Å². The SMILES string of the molecule is CCc1nc2ccccc2n1CC(=O)N1CCCC(CNC(=O)Nc2cccc(F)c2)C1. The molecule has 1 aliphatic rings. The molecule has 0 radical (unpaired) electrons. The van der Waals surface area contributed by atoms with Gasteiger partial charge in [0, 0.05) is 31.7 Å². The van der Waals surface area contributed by atoms with Gasteiger partial charge >= 0.3 is 6.03 Å². The lowest BCUT2D eigenvalue weighted by Crippen LogP contribution is -2.45. The van der Waals surface area contributed by atoms with E-state index in [1.165, 1.54) is 12.1 Å². The highest BCUT2D eigenvalue weighted by Crippen LogP contribution is 2.20. The van der Waals surface area contributed by atoms with Crippen LogP contribution in [-0.4, -0.2) is 46.0 Å². The fourth-order valence-electron chi connectivity index (χ4n) is 4.24. The zero-order chi connectivity index (χ0) is 22.5. The van der Waals surface area contributed by atoms with E-state index < -0.39 is 5.82 Å². The van der Waals surface area contributed by atoms with Crippen molar-refractivity contribution in [3.63, 3.8) is 0 Å². The minimum atomic E-state index is -0.402. The van der Waals surface area contributed by atoms with Gasteiger partial charge in [-0.15, -0.1) is 0 Å². The summed E-state index contributed by atoms with van der Waals surface area (Å²) in [5.41, 5.74) is 2.28. The van der Waals surface area contributed by atoms with Crippen molar-refractivity contribution in [3.05, 3.63) is 60.2 Å². The summed E-state index contributed by atoms with van der Waals surface area (Å²) < 4.78 is 15.3. The summed E-state index contributed by atoms with van der Waals surface area (Å²) in [6.45, 7) is 4.09. The monoisotopic (exact) mass is 437 g/mol. The van der Waals surface area contributed by atoms with Gasteiger partial charge in [-0.05, 0) is 49.1 Å². The molecule has 2 N–H and O–H groups in total. The number of benzene rings is 2. The molecule has 0 aliphatic carbocycles. The number of likely N-dealkylation sites (tertiary alicyclic amines) is 1. The van der Waals surface area contributed by atoms with Gasteiger partial charge in [-0.1, -0.05) is 25.1 Å². The highest BCUT2D eigenvalue weighted by molar-refractivity contribution is 5.89. The lowest BCUT2D eigenvalue weighted by atomic mass is 9.98. The number of fused-ring (bicyclic) bond motifs is 1. The first-order chi connectivity index (χ1) is 15.5. The van der Waals surface area contributed by atoms with Crippen molar-refractivity contribution in [1.29, 1.82) is 0 Å². The summed E-state index contributed by atoms with van der Waals surface area (Å²) in [7, 11) is 0. The molecule has 1 aliphatic heterocycles. The van der Waals surface area contributed by atoms with E-state index in [2.05, 4.69) is 15.6 Å². The van der Waals surface area contributed by atoms with Crippen LogP contribution in [0.4, 0.5) is 14.9 Å². The quantitative estimate of drug-likeness (QED) is 0.616. The summed E-state index contributed by atoms with van der Waals surface area (Å²) in [6, 6.07) is 13.3. The molecule has 3 amide bonds. The number of hydrogen-bond donors (Lipinski definition) is 2. The van der Waals surface area contributed by atoms with Gasteiger partial charge < -0.3 is 20.1 Å². The van der Waals surface area contributed by atoms with E-state index in [0.717, 1.165) is 42.7 Å². The molecule has 32 heavy (non-hydrogen) atoms. The van der Waals surface area contributed by atoms with E-state index in [9.17, 15) is 14.0 Å². The minimum absolute atomic E-state index is 0.0664.